The number of carbonyl (C=O) groups is 1. The lowest BCUT2D eigenvalue weighted by molar-refractivity contribution is -0.107. The van der Waals surface area contributed by atoms with Gasteiger partial charge >= 0.3 is 0 Å². The third kappa shape index (κ3) is 3.00. The predicted octanol–water partition coefficient (Wildman–Crippen LogP) is 2.51. The summed E-state index contributed by atoms with van der Waals surface area (Å²) in [4.78, 5) is 10.2. The molecule has 0 saturated carbocycles. The van der Waals surface area contributed by atoms with Crippen molar-refractivity contribution >= 4 is 23.1 Å². The summed E-state index contributed by atoms with van der Waals surface area (Å²) in [6, 6.07) is 7.81. The molecule has 0 fully saturated rings. The van der Waals surface area contributed by atoms with Gasteiger partial charge in [-0.2, -0.15) is 0 Å². The molecule has 1 N–H and O–H groups in total. The van der Waals surface area contributed by atoms with Crippen LogP contribution in [0.2, 0.25) is 0 Å². The highest BCUT2D eigenvalue weighted by atomic mass is 32.2. The largest absolute Gasteiger partial charge is 0.303 e. The SMILES string of the molecule is CSC(=N)c1ccc(CCC=O)cc1. The maximum Gasteiger partial charge on any atom is 0.120 e. The van der Waals surface area contributed by atoms with Crippen molar-refractivity contribution < 1.29 is 4.79 Å². The number of benzene rings is 1. The molecular weight excluding hydrogens is 194 g/mol. The number of hydrogen-bond donors (Lipinski definition) is 1. The molecule has 0 atom stereocenters. The minimum atomic E-state index is 0.569. The molecule has 0 amide bonds. The number of aldehydes is 1. The maximum atomic E-state index is 10.2. The van der Waals surface area contributed by atoms with Crippen LogP contribution in [0.1, 0.15) is 17.5 Å². The van der Waals surface area contributed by atoms with Gasteiger partial charge in [0.1, 0.15) is 6.29 Å². The first-order valence-corrected chi connectivity index (χ1v) is 5.66. The van der Waals surface area contributed by atoms with E-state index < -0.39 is 0 Å². The molecule has 0 unspecified atom stereocenters. The Morgan fingerprint density at radius 3 is 2.57 bits per heavy atom. The van der Waals surface area contributed by atoms with E-state index in [0.29, 0.717) is 11.5 Å². The van der Waals surface area contributed by atoms with Crippen LogP contribution < -0.4 is 0 Å². The molecule has 0 aliphatic heterocycles. The van der Waals surface area contributed by atoms with E-state index in [2.05, 4.69) is 0 Å². The van der Waals surface area contributed by atoms with Gasteiger partial charge in [-0.25, -0.2) is 0 Å². The molecule has 0 aliphatic rings. The van der Waals surface area contributed by atoms with Crippen LogP contribution >= 0.6 is 11.8 Å². The van der Waals surface area contributed by atoms with E-state index in [-0.39, 0.29) is 0 Å². The van der Waals surface area contributed by atoms with Crippen LogP contribution in [0.4, 0.5) is 0 Å². The van der Waals surface area contributed by atoms with E-state index in [9.17, 15) is 4.79 Å². The second kappa shape index (κ2) is 5.60. The van der Waals surface area contributed by atoms with E-state index in [0.717, 1.165) is 23.8 Å². The van der Waals surface area contributed by atoms with Crippen molar-refractivity contribution in [3.05, 3.63) is 35.4 Å². The van der Waals surface area contributed by atoms with Gasteiger partial charge in [0.05, 0.1) is 5.04 Å². The lowest BCUT2D eigenvalue weighted by Gasteiger charge is -2.02. The molecule has 1 aromatic rings. The highest BCUT2D eigenvalue weighted by Gasteiger charge is 1.99. The lowest BCUT2D eigenvalue weighted by Crippen LogP contribution is -1.93. The first-order valence-electron chi connectivity index (χ1n) is 4.43. The van der Waals surface area contributed by atoms with Crippen molar-refractivity contribution in [2.24, 2.45) is 0 Å². The predicted molar refractivity (Wildman–Crippen MR) is 61.2 cm³/mol. The third-order valence-corrected chi connectivity index (χ3v) is 2.62. The van der Waals surface area contributed by atoms with Crippen LogP contribution in [0.15, 0.2) is 24.3 Å². The second-order valence-corrected chi connectivity index (χ2v) is 3.75. The fourth-order valence-electron chi connectivity index (χ4n) is 1.17. The van der Waals surface area contributed by atoms with Gasteiger partial charge in [-0.05, 0) is 18.2 Å². The fourth-order valence-corrected chi connectivity index (χ4v) is 1.54. The first kappa shape index (κ1) is 11.0. The molecule has 2 nitrogen and oxygen atoms in total. The number of nitrogens with one attached hydrogen (secondary N) is 1. The van der Waals surface area contributed by atoms with Crippen LogP contribution in [0, 0.1) is 5.41 Å². The molecule has 1 aromatic carbocycles. The summed E-state index contributed by atoms with van der Waals surface area (Å²) in [6.07, 6.45) is 4.18. The molecule has 3 heteroatoms. The van der Waals surface area contributed by atoms with Gasteiger partial charge < -0.3 is 4.79 Å². The zero-order valence-electron chi connectivity index (χ0n) is 8.12. The molecule has 74 valence electrons. The molecule has 0 aromatic heterocycles. The molecule has 0 heterocycles. The summed E-state index contributed by atoms with van der Waals surface area (Å²) in [6.45, 7) is 0. The lowest BCUT2D eigenvalue weighted by atomic mass is 10.1. The minimum absolute atomic E-state index is 0.569. The summed E-state index contributed by atoms with van der Waals surface area (Å²) >= 11 is 1.43. The van der Waals surface area contributed by atoms with Crippen molar-refractivity contribution in [1.29, 1.82) is 5.41 Å². The van der Waals surface area contributed by atoms with Crippen LogP contribution in [-0.4, -0.2) is 17.6 Å². The molecular formula is C11H13NOS. The standard InChI is InChI=1S/C11H13NOS/c1-14-11(12)10-6-4-9(5-7-10)3-2-8-13/h4-8,12H,2-3H2,1H3. The van der Waals surface area contributed by atoms with E-state index >= 15 is 0 Å². The highest BCUT2D eigenvalue weighted by Crippen LogP contribution is 2.11. The highest BCUT2D eigenvalue weighted by molar-refractivity contribution is 8.13. The zero-order chi connectivity index (χ0) is 10.4. The molecule has 0 saturated heterocycles. The quantitative estimate of drug-likeness (QED) is 0.468. The van der Waals surface area contributed by atoms with Crippen LogP contribution in [0.5, 0.6) is 0 Å². The van der Waals surface area contributed by atoms with Crippen molar-refractivity contribution in [2.75, 3.05) is 6.26 Å². The Bertz CT molecular complexity index is 319. The number of carbonyl (C=O) groups excluding carboxylic acids is 1. The van der Waals surface area contributed by atoms with Crippen molar-refractivity contribution in [2.45, 2.75) is 12.8 Å². The van der Waals surface area contributed by atoms with Gasteiger partial charge in [-0.15, -0.1) is 11.8 Å². The Labute approximate surface area is 88.2 Å². The average Bonchev–Trinajstić information content (AvgIpc) is 2.26. The van der Waals surface area contributed by atoms with E-state index in [1.54, 1.807) is 0 Å². The summed E-state index contributed by atoms with van der Waals surface area (Å²) in [5.74, 6) is 0. The first-order chi connectivity index (χ1) is 6.77. The molecule has 1 rings (SSSR count). The monoisotopic (exact) mass is 207 g/mol. The maximum absolute atomic E-state index is 10.2. The Morgan fingerprint density at radius 2 is 2.07 bits per heavy atom. The van der Waals surface area contributed by atoms with Gasteiger partial charge in [0.25, 0.3) is 0 Å². The topological polar surface area (TPSA) is 40.9 Å². The molecule has 0 radical (unpaired) electrons. The second-order valence-electron chi connectivity index (χ2n) is 2.94. The van der Waals surface area contributed by atoms with Gasteiger partial charge in [0.2, 0.25) is 0 Å². The summed E-state index contributed by atoms with van der Waals surface area (Å²) in [5.41, 5.74) is 2.09. The van der Waals surface area contributed by atoms with Crippen LogP contribution in [-0.2, 0) is 11.2 Å². The van der Waals surface area contributed by atoms with Crippen molar-refractivity contribution in [1.82, 2.24) is 0 Å². The average molecular weight is 207 g/mol. The number of rotatable bonds is 4. The third-order valence-electron chi connectivity index (χ3n) is 1.97. The Morgan fingerprint density at radius 1 is 1.43 bits per heavy atom. The summed E-state index contributed by atoms with van der Waals surface area (Å²) in [5, 5.41) is 8.17. The summed E-state index contributed by atoms with van der Waals surface area (Å²) in [7, 11) is 0. The van der Waals surface area contributed by atoms with Gasteiger partial charge in [0, 0.05) is 12.0 Å². The van der Waals surface area contributed by atoms with Gasteiger partial charge in [-0.3, -0.25) is 5.41 Å². The molecule has 0 spiro atoms. The van der Waals surface area contributed by atoms with E-state index in [4.69, 9.17) is 5.41 Å². The number of aryl methyl sites for hydroxylation is 1. The zero-order valence-corrected chi connectivity index (χ0v) is 8.93. The Hall–Kier alpha value is -1.09. The number of thioether (sulfide) groups is 1. The normalized spacial score (nSPS) is 9.79. The molecule has 0 aliphatic carbocycles. The Kier molecular flexibility index (Phi) is 4.40. The van der Waals surface area contributed by atoms with Gasteiger partial charge in [-0.1, -0.05) is 24.3 Å². The van der Waals surface area contributed by atoms with E-state index in [1.165, 1.54) is 11.8 Å². The molecule has 0 bridgehead atoms. The summed E-state index contributed by atoms with van der Waals surface area (Å²) < 4.78 is 0. The van der Waals surface area contributed by atoms with Crippen molar-refractivity contribution in [3.8, 4) is 0 Å². The van der Waals surface area contributed by atoms with Crippen LogP contribution in [0.3, 0.4) is 0 Å². The fraction of sp³-hybridized carbons (Fsp3) is 0.273. The van der Waals surface area contributed by atoms with Gasteiger partial charge in [0.15, 0.2) is 0 Å². The van der Waals surface area contributed by atoms with E-state index in [1.807, 2.05) is 30.5 Å². The Balaban J connectivity index is 2.68. The van der Waals surface area contributed by atoms with Crippen LogP contribution in [0.25, 0.3) is 0 Å². The molecule has 14 heavy (non-hydrogen) atoms. The van der Waals surface area contributed by atoms with Crippen molar-refractivity contribution in [3.63, 3.8) is 0 Å². The smallest absolute Gasteiger partial charge is 0.120 e. The minimum Gasteiger partial charge on any atom is -0.303 e. The number of hydrogen-bond acceptors (Lipinski definition) is 3.